The molecular formula is C8H12Br4. The van der Waals surface area contributed by atoms with Crippen molar-refractivity contribution in [1.82, 2.24) is 0 Å². The minimum Gasteiger partial charge on any atom is -0.0853 e. The van der Waals surface area contributed by atoms with E-state index in [9.17, 15) is 0 Å². The van der Waals surface area contributed by atoms with Crippen molar-refractivity contribution >= 4 is 63.7 Å². The van der Waals surface area contributed by atoms with Crippen LogP contribution in [0.5, 0.6) is 0 Å². The van der Waals surface area contributed by atoms with Crippen molar-refractivity contribution in [1.29, 1.82) is 0 Å². The molecule has 1 atom stereocenters. The first-order chi connectivity index (χ1) is 5.52. The van der Waals surface area contributed by atoms with Crippen molar-refractivity contribution in [3.63, 3.8) is 0 Å². The van der Waals surface area contributed by atoms with Crippen LogP contribution in [-0.2, 0) is 0 Å². The second kappa shape index (κ2) is 5.13. The maximum Gasteiger partial charge on any atom is 0.147 e. The molecule has 0 nitrogen and oxygen atoms in total. The quantitative estimate of drug-likeness (QED) is 0.507. The molecule has 1 aliphatic rings. The molecule has 1 unspecified atom stereocenters. The van der Waals surface area contributed by atoms with Crippen molar-refractivity contribution in [2.45, 2.75) is 39.1 Å². The normalized spacial score (nSPS) is 24.0. The Bertz CT molecular complexity index is 134. The summed E-state index contributed by atoms with van der Waals surface area (Å²) in [5, 5.41) is 0. The molecule has 1 fully saturated rings. The first-order valence-corrected chi connectivity index (χ1v) is 7.52. The molecule has 0 bridgehead atoms. The Morgan fingerprint density at radius 1 is 1.00 bits per heavy atom. The lowest BCUT2D eigenvalue weighted by Gasteiger charge is -2.31. The standard InChI is InChI=1S/C8H12Br4/c9-7(8(10,11)12)6-4-2-1-3-5-6/h6-7H,1-5H2. The lowest BCUT2D eigenvalue weighted by molar-refractivity contribution is 0.357. The minimum absolute atomic E-state index is 0.130. The Morgan fingerprint density at radius 2 is 1.50 bits per heavy atom. The first kappa shape index (κ1) is 12.0. The maximum atomic E-state index is 3.72. The molecule has 72 valence electrons. The molecule has 0 aliphatic heterocycles. The van der Waals surface area contributed by atoms with Crippen LogP contribution in [0.1, 0.15) is 32.1 Å². The van der Waals surface area contributed by atoms with Gasteiger partial charge in [-0.3, -0.25) is 0 Å². The van der Waals surface area contributed by atoms with E-state index in [-0.39, 0.29) is 2.14 Å². The van der Waals surface area contributed by atoms with E-state index in [1.165, 1.54) is 32.1 Å². The van der Waals surface area contributed by atoms with Crippen LogP contribution < -0.4 is 0 Å². The summed E-state index contributed by atoms with van der Waals surface area (Å²) in [6, 6.07) is 0. The van der Waals surface area contributed by atoms with Gasteiger partial charge in [0.1, 0.15) is 2.14 Å². The zero-order valence-electron chi connectivity index (χ0n) is 6.70. The number of hydrogen-bond acceptors (Lipinski definition) is 0. The van der Waals surface area contributed by atoms with E-state index in [4.69, 9.17) is 0 Å². The molecule has 0 N–H and O–H groups in total. The number of hydrogen-bond donors (Lipinski definition) is 0. The van der Waals surface area contributed by atoms with E-state index in [1.807, 2.05) is 0 Å². The van der Waals surface area contributed by atoms with Gasteiger partial charge in [-0.15, -0.1) is 0 Å². The van der Waals surface area contributed by atoms with Crippen molar-refractivity contribution in [3.05, 3.63) is 0 Å². The summed E-state index contributed by atoms with van der Waals surface area (Å²) in [6.07, 6.45) is 6.88. The van der Waals surface area contributed by atoms with E-state index in [1.54, 1.807) is 0 Å². The number of alkyl halides is 4. The van der Waals surface area contributed by atoms with Crippen LogP contribution in [0.2, 0.25) is 0 Å². The molecule has 0 aromatic rings. The predicted molar refractivity (Wildman–Crippen MR) is 68.8 cm³/mol. The van der Waals surface area contributed by atoms with Gasteiger partial charge in [0.25, 0.3) is 0 Å². The van der Waals surface area contributed by atoms with E-state index >= 15 is 0 Å². The van der Waals surface area contributed by atoms with E-state index in [0.29, 0.717) is 4.83 Å². The number of halogens is 4. The highest BCUT2D eigenvalue weighted by molar-refractivity contribution is 9.40. The molecule has 12 heavy (non-hydrogen) atoms. The lowest BCUT2D eigenvalue weighted by Crippen LogP contribution is -2.28. The Balaban J connectivity index is 2.45. The summed E-state index contributed by atoms with van der Waals surface area (Å²) >= 11 is 14.4. The molecule has 4 heteroatoms. The van der Waals surface area contributed by atoms with E-state index in [0.717, 1.165) is 5.92 Å². The lowest BCUT2D eigenvalue weighted by atomic mass is 9.87. The molecule has 0 aromatic heterocycles. The average Bonchev–Trinajstić information content (AvgIpc) is 2.03. The minimum atomic E-state index is -0.130. The van der Waals surface area contributed by atoms with E-state index < -0.39 is 0 Å². The summed E-state index contributed by atoms with van der Waals surface area (Å²) in [4.78, 5) is 0.463. The third kappa shape index (κ3) is 3.58. The van der Waals surface area contributed by atoms with Crippen LogP contribution in [0.4, 0.5) is 0 Å². The SMILES string of the molecule is BrC(C1CCCCC1)C(Br)(Br)Br. The molecule has 1 rings (SSSR count). The molecule has 0 spiro atoms. The largest absolute Gasteiger partial charge is 0.147 e. The third-order valence-electron chi connectivity index (χ3n) is 2.38. The second-order valence-corrected chi connectivity index (χ2v) is 11.3. The highest BCUT2D eigenvalue weighted by atomic mass is 80.0. The van der Waals surface area contributed by atoms with Gasteiger partial charge in [-0.25, -0.2) is 0 Å². The number of rotatable bonds is 1. The Hall–Kier alpha value is 1.92. The fourth-order valence-electron chi connectivity index (χ4n) is 1.69. The summed E-state index contributed by atoms with van der Waals surface area (Å²) < 4.78 is -0.130. The van der Waals surface area contributed by atoms with Gasteiger partial charge >= 0.3 is 0 Å². The summed E-state index contributed by atoms with van der Waals surface area (Å²) in [5.74, 6) is 0.789. The topological polar surface area (TPSA) is 0 Å². The third-order valence-corrected chi connectivity index (χ3v) is 7.13. The summed E-state index contributed by atoms with van der Waals surface area (Å²) in [7, 11) is 0. The smallest absolute Gasteiger partial charge is 0.0853 e. The highest BCUT2D eigenvalue weighted by Crippen LogP contribution is 2.47. The van der Waals surface area contributed by atoms with E-state index in [2.05, 4.69) is 63.7 Å². The van der Waals surface area contributed by atoms with Gasteiger partial charge in [-0.05, 0) is 18.8 Å². The molecule has 0 radical (unpaired) electrons. The van der Waals surface area contributed by atoms with Crippen LogP contribution in [0.3, 0.4) is 0 Å². The molecule has 1 aliphatic carbocycles. The zero-order chi connectivity index (χ0) is 9.19. The van der Waals surface area contributed by atoms with Gasteiger partial charge < -0.3 is 0 Å². The fraction of sp³-hybridized carbons (Fsp3) is 1.00. The van der Waals surface area contributed by atoms with Crippen LogP contribution in [0.15, 0.2) is 0 Å². The molecule has 0 aromatic carbocycles. The molecule has 0 saturated heterocycles. The predicted octanol–water partition coefficient (Wildman–Crippen LogP) is 5.17. The summed E-state index contributed by atoms with van der Waals surface area (Å²) in [6.45, 7) is 0. The van der Waals surface area contributed by atoms with Crippen LogP contribution >= 0.6 is 63.7 Å². The average molecular weight is 428 g/mol. The van der Waals surface area contributed by atoms with Gasteiger partial charge in [0.05, 0.1) is 4.83 Å². The van der Waals surface area contributed by atoms with Crippen molar-refractivity contribution in [2.75, 3.05) is 0 Å². The van der Waals surface area contributed by atoms with Crippen molar-refractivity contribution in [2.24, 2.45) is 5.92 Å². The van der Waals surface area contributed by atoms with Crippen LogP contribution in [0, 0.1) is 5.92 Å². The molecular weight excluding hydrogens is 416 g/mol. The zero-order valence-corrected chi connectivity index (χ0v) is 13.0. The Morgan fingerprint density at radius 3 is 1.92 bits per heavy atom. The van der Waals surface area contributed by atoms with Gasteiger partial charge in [0.2, 0.25) is 0 Å². The van der Waals surface area contributed by atoms with Crippen LogP contribution in [-0.4, -0.2) is 6.97 Å². The van der Waals surface area contributed by atoms with Crippen LogP contribution in [0.25, 0.3) is 0 Å². The molecule has 1 saturated carbocycles. The fourth-order valence-corrected chi connectivity index (χ4v) is 3.34. The highest BCUT2D eigenvalue weighted by Gasteiger charge is 2.35. The Kier molecular flexibility index (Phi) is 5.12. The Labute approximate surface area is 108 Å². The van der Waals surface area contributed by atoms with Crippen molar-refractivity contribution in [3.8, 4) is 0 Å². The monoisotopic (exact) mass is 424 g/mol. The first-order valence-electron chi connectivity index (χ1n) is 4.22. The summed E-state index contributed by atoms with van der Waals surface area (Å²) in [5.41, 5.74) is 0. The van der Waals surface area contributed by atoms with Gasteiger partial charge in [-0.1, -0.05) is 83.0 Å². The second-order valence-electron chi connectivity index (χ2n) is 3.34. The van der Waals surface area contributed by atoms with Gasteiger partial charge in [-0.2, -0.15) is 0 Å². The van der Waals surface area contributed by atoms with Gasteiger partial charge in [0, 0.05) is 0 Å². The van der Waals surface area contributed by atoms with Crippen molar-refractivity contribution < 1.29 is 0 Å². The van der Waals surface area contributed by atoms with Gasteiger partial charge in [0.15, 0.2) is 0 Å². The maximum absolute atomic E-state index is 3.72. The molecule has 0 amide bonds. The molecule has 0 heterocycles.